The number of hydrogen-bond acceptors (Lipinski definition) is 3. The number of rotatable bonds is 4. The summed E-state index contributed by atoms with van der Waals surface area (Å²) in [6.45, 7) is 0. The molecule has 0 saturated heterocycles. The second-order valence-electron chi connectivity index (χ2n) is 7.17. The maximum Gasteiger partial charge on any atom is 0.287 e. The molecule has 3 N–H and O–H groups in total. The molecule has 0 radical (unpaired) electrons. The Morgan fingerprint density at radius 2 is 1.96 bits per heavy atom. The van der Waals surface area contributed by atoms with Crippen LogP contribution in [0, 0.1) is 17.8 Å². The standard InChI is InChI=1S/C19H22N4O2/c24-18(10-15-9-12-6-7-14(15)8-12)22-23-19(25)17-11-16(20-21-17)13-4-2-1-3-5-13/h1-5,11-12,14-15H,6-10H2,(H,20,21)(H,22,24)(H,23,25). The van der Waals surface area contributed by atoms with E-state index < -0.39 is 5.91 Å². The zero-order chi connectivity index (χ0) is 17.2. The lowest BCUT2D eigenvalue weighted by Crippen LogP contribution is -2.42. The van der Waals surface area contributed by atoms with Gasteiger partial charge in [-0.25, -0.2) is 0 Å². The lowest BCUT2D eigenvalue weighted by atomic mass is 9.86. The van der Waals surface area contributed by atoms with Crippen molar-refractivity contribution in [3.63, 3.8) is 0 Å². The summed E-state index contributed by atoms with van der Waals surface area (Å²) < 4.78 is 0. The van der Waals surface area contributed by atoms with Gasteiger partial charge >= 0.3 is 0 Å². The van der Waals surface area contributed by atoms with Crippen LogP contribution in [0.15, 0.2) is 36.4 Å². The molecular weight excluding hydrogens is 316 g/mol. The van der Waals surface area contributed by atoms with Crippen LogP contribution in [0.2, 0.25) is 0 Å². The number of benzene rings is 1. The first-order valence-electron chi connectivity index (χ1n) is 8.89. The summed E-state index contributed by atoms with van der Waals surface area (Å²) in [5.74, 6) is 1.49. The first kappa shape index (κ1) is 15.9. The zero-order valence-corrected chi connectivity index (χ0v) is 14.0. The van der Waals surface area contributed by atoms with E-state index in [1.807, 2.05) is 30.3 Å². The van der Waals surface area contributed by atoms with E-state index in [9.17, 15) is 9.59 Å². The van der Waals surface area contributed by atoms with E-state index in [0.717, 1.165) is 17.9 Å². The molecule has 1 aromatic heterocycles. The molecule has 3 atom stereocenters. The Kier molecular flexibility index (Phi) is 4.26. The quantitative estimate of drug-likeness (QED) is 0.749. The van der Waals surface area contributed by atoms with E-state index in [1.54, 1.807) is 6.07 Å². The van der Waals surface area contributed by atoms with Crippen LogP contribution >= 0.6 is 0 Å². The SMILES string of the molecule is O=C(CC1CC2CCC1C2)NNC(=O)c1cc(-c2ccccc2)n[nH]1. The Balaban J connectivity index is 1.29. The minimum Gasteiger partial charge on any atom is -0.273 e. The molecule has 130 valence electrons. The Hall–Kier alpha value is -2.63. The van der Waals surface area contributed by atoms with Crippen LogP contribution in [0.4, 0.5) is 0 Å². The van der Waals surface area contributed by atoms with E-state index in [2.05, 4.69) is 21.0 Å². The minimum atomic E-state index is -0.393. The van der Waals surface area contributed by atoms with Crippen molar-refractivity contribution in [2.45, 2.75) is 32.1 Å². The van der Waals surface area contributed by atoms with Crippen molar-refractivity contribution >= 4 is 11.8 Å². The van der Waals surface area contributed by atoms with E-state index in [4.69, 9.17) is 0 Å². The lowest BCUT2D eigenvalue weighted by Gasteiger charge is -2.20. The van der Waals surface area contributed by atoms with Crippen molar-refractivity contribution in [3.05, 3.63) is 42.1 Å². The average molecular weight is 338 g/mol. The predicted octanol–water partition coefficient (Wildman–Crippen LogP) is 2.66. The zero-order valence-electron chi connectivity index (χ0n) is 14.0. The Morgan fingerprint density at radius 1 is 1.12 bits per heavy atom. The number of H-pyrrole nitrogens is 1. The third-order valence-corrected chi connectivity index (χ3v) is 5.54. The van der Waals surface area contributed by atoms with E-state index >= 15 is 0 Å². The first-order chi connectivity index (χ1) is 12.2. The highest BCUT2D eigenvalue weighted by Gasteiger charge is 2.40. The molecule has 2 aromatic rings. The number of carbonyl (C=O) groups excluding carboxylic acids is 2. The maximum absolute atomic E-state index is 12.2. The van der Waals surface area contributed by atoms with Crippen LogP contribution in [-0.4, -0.2) is 22.0 Å². The van der Waals surface area contributed by atoms with Crippen LogP contribution < -0.4 is 10.9 Å². The molecule has 2 amide bonds. The number of aromatic nitrogens is 2. The van der Waals surface area contributed by atoms with Gasteiger partial charge in [0.15, 0.2) is 0 Å². The van der Waals surface area contributed by atoms with Gasteiger partial charge in [-0.1, -0.05) is 36.8 Å². The Bertz CT molecular complexity index is 771. The summed E-state index contributed by atoms with van der Waals surface area (Å²) in [7, 11) is 0. The van der Waals surface area contributed by atoms with Gasteiger partial charge in [0.2, 0.25) is 5.91 Å². The Morgan fingerprint density at radius 3 is 2.68 bits per heavy atom. The molecule has 2 saturated carbocycles. The Labute approximate surface area is 146 Å². The molecular formula is C19H22N4O2. The van der Waals surface area contributed by atoms with Crippen LogP contribution in [0.1, 0.15) is 42.6 Å². The maximum atomic E-state index is 12.2. The minimum absolute atomic E-state index is 0.117. The van der Waals surface area contributed by atoms with Gasteiger partial charge in [0, 0.05) is 12.0 Å². The topological polar surface area (TPSA) is 86.9 Å². The smallest absolute Gasteiger partial charge is 0.273 e. The normalized spacial score (nSPS) is 24.2. The summed E-state index contributed by atoms with van der Waals surface area (Å²) in [5, 5.41) is 6.85. The van der Waals surface area contributed by atoms with Gasteiger partial charge in [0.05, 0.1) is 5.69 Å². The first-order valence-corrected chi connectivity index (χ1v) is 8.89. The van der Waals surface area contributed by atoms with Crippen molar-refractivity contribution in [1.82, 2.24) is 21.0 Å². The van der Waals surface area contributed by atoms with Crippen LogP contribution in [0.5, 0.6) is 0 Å². The predicted molar refractivity (Wildman–Crippen MR) is 93.2 cm³/mol. The number of hydrazine groups is 1. The number of aromatic amines is 1. The average Bonchev–Trinajstić information content (AvgIpc) is 3.37. The van der Waals surface area contributed by atoms with Crippen molar-refractivity contribution in [1.29, 1.82) is 0 Å². The highest BCUT2D eigenvalue weighted by atomic mass is 16.2. The van der Waals surface area contributed by atoms with Crippen LogP contribution in [-0.2, 0) is 4.79 Å². The summed E-state index contributed by atoms with van der Waals surface area (Å²) >= 11 is 0. The third kappa shape index (κ3) is 3.43. The molecule has 2 fully saturated rings. The molecule has 25 heavy (non-hydrogen) atoms. The molecule has 2 aliphatic carbocycles. The summed E-state index contributed by atoms with van der Waals surface area (Å²) in [6.07, 6.45) is 5.52. The van der Waals surface area contributed by atoms with Crippen LogP contribution in [0.25, 0.3) is 11.3 Å². The summed E-state index contributed by atoms with van der Waals surface area (Å²) in [6, 6.07) is 11.3. The second-order valence-corrected chi connectivity index (χ2v) is 7.17. The molecule has 4 rings (SSSR count). The molecule has 1 aromatic carbocycles. The highest BCUT2D eigenvalue weighted by molar-refractivity contribution is 5.94. The molecule has 6 nitrogen and oxygen atoms in total. The molecule has 3 unspecified atom stereocenters. The molecule has 0 aliphatic heterocycles. The van der Waals surface area contributed by atoms with Crippen LogP contribution in [0.3, 0.4) is 0 Å². The van der Waals surface area contributed by atoms with E-state index in [1.165, 1.54) is 19.3 Å². The molecule has 2 aliphatic rings. The van der Waals surface area contributed by atoms with E-state index in [-0.39, 0.29) is 5.91 Å². The van der Waals surface area contributed by atoms with Crippen molar-refractivity contribution < 1.29 is 9.59 Å². The number of hydrogen-bond donors (Lipinski definition) is 3. The molecule has 1 heterocycles. The van der Waals surface area contributed by atoms with Gasteiger partial charge in [-0.15, -0.1) is 0 Å². The van der Waals surface area contributed by atoms with Crippen molar-refractivity contribution in [2.24, 2.45) is 17.8 Å². The van der Waals surface area contributed by atoms with Gasteiger partial charge in [-0.2, -0.15) is 5.10 Å². The van der Waals surface area contributed by atoms with Gasteiger partial charge in [-0.3, -0.25) is 25.5 Å². The van der Waals surface area contributed by atoms with E-state index in [0.29, 0.717) is 29.6 Å². The summed E-state index contributed by atoms with van der Waals surface area (Å²) in [5.41, 5.74) is 6.94. The fraction of sp³-hybridized carbons (Fsp3) is 0.421. The van der Waals surface area contributed by atoms with Gasteiger partial charge in [-0.05, 0) is 43.1 Å². The molecule has 6 heteroatoms. The number of nitrogens with zero attached hydrogens (tertiary/aromatic N) is 1. The largest absolute Gasteiger partial charge is 0.287 e. The van der Waals surface area contributed by atoms with Crippen molar-refractivity contribution in [2.75, 3.05) is 0 Å². The highest BCUT2D eigenvalue weighted by Crippen LogP contribution is 2.49. The number of nitrogens with one attached hydrogen (secondary N) is 3. The lowest BCUT2D eigenvalue weighted by molar-refractivity contribution is -0.123. The fourth-order valence-electron chi connectivity index (χ4n) is 4.30. The summed E-state index contributed by atoms with van der Waals surface area (Å²) in [4.78, 5) is 24.2. The fourth-order valence-corrected chi connectivity index (χ4v) is 4.30. The third-order valence-electron chi connectivity index (χ3n) is 5.54. The number of amides is 2. The second kappa shape index (κ2) is 6.70. The monoisotopic (exact) mass is 338 g/mol. The number of carbonyl (C=O) groups is 2. The van der Waals surface area contributed by atoms with Gasteiger partial charge in [0.25, 0.3) is 5.91 Å². The van der Waals surface area contributed by atoms with Crippen molar-refractivity contribution in [3.8, 4) is 11.3 Å². The molecule has 2 bridgehead atoms. The van der Waals surface area contributed by atoms with Gasteiger partial charge < -0.3 is 0 Å². The van der Waals surface area contributed by atoms with Gasteiger partial charge in [0.1, 0.15) is 5.69 Å². The number of fused-ring (bicyclic) bond motifs is 2. The molecule has 0 spiro atoms.